The van der Waals surface area contributed by atoms with Gasteiger partial charge in [-0.3, -0.25) is 9.78 Å². The van der Waals surface area contributed by atoms with Crippen molar-refractivity contribution in [2.24, 2.45) is 0 Å². The fourth-order valence-corrected chi connectivity index (χ4v) is 4.19. The molecule has 0 spiro atoms. The molecular formula is C25H23F3N8O3. The zero-order valence-corrected chi connectivity index (χ0v) is 20.3. The van der Waals surface area contributed by atoms with Crippen LogP contribution in [-0.2, 0) is 4.79 Å². The van der Waals surface area contributed by atoms with Gasteiger partial charge < -0.3 is 20.6 Å². The van der Waals surface area contributed by atoms with Gasteiger partial charge in [-0.1, -0.05) is 6.07 Å². The van der Waals surface area contributed by atoms with Crippen LogP contribution in [0.5, 0.6) is 0 Å². The molecule has 0 radical (unpaired) electrons. The largest absolute Gasteiger partial charge is 0.490 e. The molecule has 39 heavy (non-hydrogen) atoms. The monoisotopic (exact) mass is 540 g/mol. The van der Waals surface area contributed by atoms with E-state index in [1.165, 1.54) is 0 Å². The first-order valence-electron chi connectivity index (χ1n) is 11.9. The van der Waals surface area contributed by atoms with E-state index in [2.05, 4.69) is 41.5 Å². The number of anilines is 1. The van der Waals surface area contributed by atoms with Crippen molar-refractivity contribution in [3.8, 4) is 33.8 Å². The van der Waals surface area contributed by atoms with E-state index in [4.69, 9.17) is 20.1 Å². The van der Waals surface area contributed by atoms with Crippen molar-refractivity contribution in [3.63, 3.8) is 0 Å². The van der Waals surface area contributed by atoms with Crippen molar-refractivity contribution < 1.29 is 27.5 Å². The number of fused-ring (bicyclic) bond motifs is 1. The second-order valence-electron chi connectivity index (χ2n) is 8.82. The third kappa shape index (κ3) is 5.75. The Kier molecular flexibility index (Phi) is 7.02. The number of hydrogen-bond acceptors (Lipinski definition) is 8. The average Bonchev–Trinajstić information content (AvgIpc) is 3.70. The maximum Gasteiger partial charge on any atom is 0.490 e. The van der Waals surface area contributed by atoms with Crippen LogP contribution in [0, 0.1) is 0 Å². The number of oxazole rings is 1. The summed E-state index contributed by atoms with van der Waals surface area (Å²) >= 11 is 0. The number of H-pyrrole nitrogens is 1. The minimum atomic E-state index is -5.08. The third-order valence-corrected chi connectivity index (χ3v) is 6.21. The molecule has 14 heteroatoms. The number of benzene rings is 1. The van der Waals surface area contributed by atoms with E-state index in [1.807, 2.05) is 36.5 Å². The molecule has 5 heterocycles. The van der Waals surface area contributed by atoms with E-state index in [0.29, 0.717) is 28.9 Å². The Labute approximate surface area is 218 Å². The van der Waals surface area contributed by atoms with E-state index < -0.39 is 12.1 Å². The van der Waals surface area contributed by atoms with E-state index in [-0.39, 0.29) is 0 Å². The molecule has 1 fully saturated rings. The van der Waals surface area contributed by atoms with Crippen LogP contribution in [0.3, 0.4) is 0 Å². The third-order valence-electron chi connectivity index (χ3n) is 6.21. The number of carboxylic acids is 1. The molecule has 5 aromatic rings. The fourth-order valence-electron chi connectivity index (χ4n) is 4.19. The van der Waals surface area contributed by atoms with Gasteiger partial charge in [-0.15, -0.1) is 0 Å². The number of halogens is 3. The van der Waals surface area contributed by atoms with Gasteiger partial charge in [0.25, 0.3) is 0 Å². The minimum absolute atomic E-state index is 0.375. The van der Waals surface area contributed by atoms with Gasteiger partial charge in [0.1, 0.15) is 11.3 Å². The topological polar surface area (TPSA) is 161 Å². The molecular weight excluding hydrogens is 517 g/mol. The number of carbonyl (C=O) groups is 1. The summed E-state index contributed by atoms with van der Waals surface area (Å²) in [5.41, 5.74) is 12.1. The van der Waals surface area contributed by atoms with Crippen molar-refractivity contribution in [2.45, 2.75) is 25.1 Å². The maximum atomic E-state index is 10.6. The van der Waals surface area contributed by atoms with Gasteiger partial charge in [-0.25, -0.2) is 14.8 Å². The number of piperidine rings is 1. The molecule has 1 aromatic carbocycles. The molecule has 1 saturated heterocycles. The molecule has 0 saturated carbocycles. The summed E-state index contributed by atoms with van der Waals surface area (Å²) in [5, 5.41) is 22.1. The van der Waals surface area contributed by atoms with Crippen molar-refractivity contribution in [2.75, 3.05) is 18.8 Å². The molecule has 0 unspecified atom stereocenters. The first kappa shape index (κ1) is 25.9. The Balaban J connectivity index is 0.000000392. The summed E-state index contributed by atoms with van der Waals surface area (Å²) in [4.78, 5) is 17.9. The second kappa shape index (κ2) is 10.6. The van der Waals surface area contributed by atoms with Crippen molar-refractivity contribution in [3.05, 3.63) is 55.1 Å². The maximum absolute atomic E-state index is 10.6. The van der Waals surface area contributed by atoms with Gasteiger partial charge in [0.05, 0.1) is 23.5 Å². The highest BCUT2D eigenvalue weighted by Gasteiger charge is 2.38. The van der Waals surface area contributed by atoms with Crippen LogP contribution in [0.4, 0.5) is 19.0 Å². The Hall–Kier alpha value is -4.72. The van der Waals surface area contributed by atoms with Crippen molar-refractivity contribution in [1.29, 1.82) is 0 Å². The fraction of sp³-hybridized carbons (Fsp3) is 0.240. The number of nitrogens with zero attached hydrogens (tertiary/aromatic N) is 5. The number of pyridine rings is 1. The summed E-state index contributed by atoms with van der Waals surface area (Å²) in [6.45, 7) is 2.04. The van der Waals surface area contributed by atoms with E-state index >= 15 is 0 Å². The normalized spacial score (nSPS) is 14.2. The van der Waals surface area contributed by atoms with Gasteiger partial charge in [-0.2, -0.15) is 23.4 Å². The summed E-state index contributed by atoms with van der Waals surface area (Å²) in [5.74, 6) is -1.94. The van der Waals surface area contributed by atoms with Gasteiger partial charge >= 0.3 is 12.1 Å². The van der Waals surface area contributed by atoms with Crippen LogP contribution in [0.1, 0.15) is 18.9 Å². The lowest BCUT2D eigenvalue weighted by atomic mass is 10.1. The lowest BCUT2D eigenvalue weighted by molar-refractivity contribution is -0.192. The lowest BCUT2D eigenvalue weighted by Gasteiger charge is -2.22. The Morgan fingerprint density at radius 2 is 1.87 bits per heavy atom. The van der Waals surface area contributed by atoms with Crippen LogP contribution in [0.25, 0.3) is 44.9 Å². The van der Waals surface area contributed by atoms with E-state index in [9.17, 15) is 13.2 Å². The number of aromatic amines is 1. The zero-order chi connectivity index (χ0) is 27.6. The van der Waals surface area contributed by atoms with Crippen LogP contribution < -0.4 is 11.1 Å². The predicted octanol–water partition coefficient (Wildman–Crippen LogP) is 4.28. The number of aliphatic carboxylic acids is 1. The van der Waals surface area contributed by atoms with Crippen LogP contribution in [-0.4, -0.2) is 60.3 Å². The number of alkyl halides is 3. The summed E-state index contributed by atoms with van der Waals surface area (Å²) in [6.07, 6.45) is 4.52. The first-order valence-corrected chi connectivity index (χ1v) is 11.9. The Morgan fingerprint density at radius 1 is 1.10 bits per heavy atom. The number of nitrogens with two attached hydrogens (primary N) is 1. The SMILES string of the molecule is Nc1ncc(-c2cnn(C3CCNCC3)c2)cc1-c1nc2ccc(-c3ccn[nH]3)cc2o1.O=C(O)C(F)(F)F. The smallest absolute Gasteiger partial charge is 0.475 e. The highest BCUT2D eigenvalue weighted by molar-refractivity contribution is 5.83. The van der Waals surface area contributed by atoms with Crippen molar-refractivity contribution in [1.82, 2.24) is 35.3 Å². The van der Waals surface area contributed by atoms with Gasteiger partial charge in [0.15, 0.2) is 5.58 Å². The molecule has 0 amide bonds. The number of rotatable bonds is 4. The Bertz CT molecular complexity index is 1590. The lowest BCUT2D eigenvalue weighted by Crippen LogP contribution is -2.29. The summed E-state index contributed by atoms with van der Waals surface area (Å²) in [7, 11) is 0. The molecule has 1 aliphatic rings. The average molecular weight is 541 g/mol. The minimum Gasteiger partial charge on any atom is -0.475 e. The van der Waals surface area contributed by atoms with E-state index in [1.54, 1.807) is 12.4 Å². The predicted molar refractivity (Wildman–Crippen MR) is 135 cm³/mol. The molecule has 0 bridgehead atoms. The second-order valence-corrected chi connectivity index (χ2v) is 8.82. The molecule has 1 aliphatic heterocycles. The van der Waals surface area contributed by atoms with Gasteiger partial charge in [0, 0.05) is 35.3 Å². The molecule has 202 valence electrons. The zero-order valence-electron chi connectivity index (χ0n) is 20.3. The quantitative estimate of drug-likeness (QED) is 0.261. The Morgan fingerprint density at radius 3 is 2.56 bits per heavy atom. The number of nitrogen functional groups attached to an aromatic ring is 1. The number of nitrogens with one attached hydrogen (secondary N) is 2. The van der Waals surface area contributed by atoms with Crippen LogP contribution in [0.15, 0.2) is 59.5 Å². The molecule has 4 aromatic heterocycles. The van der Waals surface area contributed by atoms with E-state index in [0.717, 1.165) is 53.8 Å². The van der Waals surface area contributed by atoms with Gasteiger partial charge in [0.2, 0.25) is 5.89 Å². The molecule has 5 N–H and O–H groups in total. The highest BCUT2D eigenvalue weighted by atomic mass is 19.4. The number of aromatic nitrogens is 6. The van der Waals surface area contributed by atoms with Crippen LogP contribution >= 0.6 is 0 Å². The molecule has 0 aliphatic carbocycles. The first-order chi connectivity index (χ1) is 18.7. The summed E-state index contributed by atoms with van der Waals surface area (Å²) in [6, 6.07) is 10.1. The number of carboxylic acid groups (broad SMARTS) is 1. The molecule has 6 rings (SSSR count). The molecule has 0 atom stereocenters. The number of hydrogen-bond donors (Lipinski definition) is 4. The molecule has 11 nitrogen and oxygen atoms in total. The summed E-state index contributed by atoms with van der Waals surface area (Å²) < 4.78 is 39.9. The van der Waals surface area contributed by atoms with Crippen LogP contribution in [0.2, 0.25) is 0 Å². The highest BCUT2D eigenvalue weighted by Crippen LogP contribution is 2.33. The standard InChI is InChI=1S/C23H22N8O.C2HF3O2/c24-22-18(23-29-20-2-1-14(10-21(20)32-23)19-5-8-27-30-19)9-15(11-26-22)16-12-28-31(13-16)17-3-6-25-7-4-17;3-2(4,5)1(6)7/h1-2,5,8-13,17,25H,3-4,6-7H2,(H2,24,26)(H,27,30);(H,6,7). The van der Waals surface area contributed by atoms with Gasteiger partial charge in [-0.05, 0) is 50.2 Å². The van der Waals surface area contributed by atoms with Crippen molar-refractivity contribution >= 4 is 22.9 Å².